The number of piperidine rings is 1. The van der Waals surface area contributed by atoms with Crippen LogP contribution < -0.4 is 5.43 Å². The van der Waals surface area contributed by atoms with Crippen molar-refractivity contribution in [1.29, 1.82) is 0 Å². The fraction of sp³-hybridized carbons (Fsp3) is 1.00. The average Bonchev–Trinajstić information content (AvgIpc) is 2.25. The number of unbranched alkanes of at least 4 members (excludes halogenated alkanes) is 1. The minimum absolute atomic E-state index is 0.716. The highest BCUT2D eigenvalue weighted by Gasteiger charge is 2.13. The molecule has 0 radical (unpaired) electrons. The van der Waals surface area contributed by atoms with Gasteiger partial charge in [0.25, 0.3) is 0 Å². The Morgan fingerprint density at radius 2 is 1.86 bits per heavy atom. The molecular weight excluding hydrogens is 172 g/mol. The number of nitrogens with one attached hydrogen (secondary N) is 1. The van der Waals surface area contributed by atoms with Crippen molar-refractivity contribution in [2.45, 2.75) is 64.8 Å². The fourth-order valence-electron chi connectivity index (χ4n) is 2.09. The van der Waals surface area contributed by atoms with Gasteiger partial charge < -0.3 is 0 Å². The second-order valence-electron chi connectivity index (χ2n) is 4.42. The van der Waals surface area contributed by atoms with E-state index in [1.807, 2.05) is 0 Å². The standard InChI is InChI=1S/C12H26N2/c1-3-5-9-12(4-2)13-14-10-7-6-8-11-14/h12-13H,3-11H2,1-2H3. The SMILES string of the molecule is CCCCC(CC)NN1CCCCC1. The molecule has 0 aromatic carbocycles. The summed E-state index contributed by atoms with van der Waals surface area (Å²) in [6.07, 6.45) is 9.44. The average molecular weight is 198 g/mol. The third-order valence-electron chi connectivity index (χ3n) is 3.12. The van der Waals surface area contributed by atoms with Gasteiger partial charge in [0.15, 0.2) is 0 Å². The van der Waals surface area contributed by atoms with Crippen molar-refractivity contribution >= 4 is 0 Å². The molecule has 0 aromatic rings. The van der Waals surface area contributed by atoms with Gasteiger partial charge in [-0.1, -0.05) is 33.1 Å². The smallest absolute Gasteiger partial charge is 0.0212 e. The van der Waals surface area contributed by atoms with Crippen LogP contribution in [0.3, 0.4) is 0 Å². The molecule has 84 valence electrons. The number of hydrogen-bond acceptors (Lipinski definition) is 2. The number of hydrogen-bond donors (Lipinski definition) is 1. The molecule has 1 aliphatic heterocycles. The maximum Gasteiger partial charge on any atom is 0.0212 e. The normalized spacial score (nSPS) is 21.0. The van der Waals surface area contributed by atoms with Gasteiger partial charge in [-0.05, 0) is 25.7 Å². The van der Waals surface area contributed by atoms with Crippen LogP contribution in [-0.4, -0.2) is 24.1 Å². The Kier molecular flexibility index (Phi) is 6.20. The largest absolute Gasteiger partial charge is 0.252 e. The molecule has 1 N–H and O–H groups in total. The molecule has 1 atom stereocenters. The third-order valence-corrected chi connectivity index (χ3v) is 3.12. The topological polar surface area (TPSA) is 15.3 Å². The van der Waals surface area contributed by atoms with Gasteiger partial charge in [-0.3, -0.25) is 5.43 Å². The van der Waals surface area contributed by atoms with E-state index in [2.05, 4.69) is 24.3 Å². The van der Waals surface area contributed by atoms with Gasteiger partial charge in [-0.2, -0.15) is 0 Å². The Balaban J connectivity index is 2.16. The van der Waals surface area contributed by atoms with Crippen molar-refractivity contribution < 1.29 is 0 Å². The number of nitrogens with zero attached hydrogens (tertiary/aromatic N) is 1. The van der Waals surface area contributed by atoms with E-state index in [1.165, 1.54) is 58.0 Å². The van der Waals surface area contributed by atoms with E-state index < -0.39 is 0 Å². The predicted molar refractivity (Wildman–Crippen MR) is 62.2 cm³/mol. The first-order valence-electron chi connectivity index (χ1n) is 6.38. The van der Waals surface area contributed by atoms with Crippen molar-refractivity contribution in [2.75, 3.05) is 13.1 Å². The first-order chi connectivity index (χ1) is 6.86. The Morgan fingerprint density at radius 1 is 1.14 bits per heavy atom. The van der Waals surface area contributed by atoms with Crippen LogP contribution in [0.2, 0.25) is 0 Å². The first kappa shape index (κ1) is 12.0. The highest BCUT2D eigenvalue weighted by atomic mass is 15.5. The summed E-state index contributed by atoms with van der Waals surface area (Å²) in [5.41, 5.74) is 3.67. The molecule has 0 aliphatic carbocycles. The summed E-state index contributed by atoms with van der Waals surface area (Å²) < 4.78 is 0. The van der Waals surface area contributed by atoms with Gasteiger partial charge in [-0.25, -0.2) is 5.01 Å². The van der Waals surface area contributed by atoms with E-state index in [1.54, 1.807) is 0 Å². The monoisotopic (exact) mass is 198 g/mol. The molecule has 1 fully saturated rings. The maximum atomic E-state index is 3.67. The van der Waals surface area contributed by atoms with Crippen molar-refractivity contribution in [1.82, 2.24) is 10.4 Å². The summed E-state index contributed by atoms with van der Waals surface area (Å²) in [7, 11) is 0. The molecule has 0 amide bonds. The second-order valence-corrected chi connectivity index (χ2v) is 4.42. The summed E-state index contributed by atoms with van der Waals surface area (Å²) in [5.74, 6) is 0. The molecular formula is C12H26N2. The molecule has 0 bridgehead atoms. The predicted octanol–water partition coefficient (Wildman–Crippen LogP) is 2.95. The Morgan fingerprint density at radius 3 is 2.43 bits per heavy atom. The van der Waals surface area contributed by atoms with Crippen molar-refractivity contribution in [3.63, 3.8) is 0 Å². The van der Waals surface area contributed by atoms with E-state index in [4.69, 9.17) is 0 Å². The first-order valence-corrected chi connectivity index (χ1v) is 6.38. The molecule has 0 saturated carbocycles. The zero-order valence-electron chi connectivity index (χ0n) is 9.89. The lowest BCUT2D eigenvalue weighted by Gasteiger charge is -2.31. The summed E-state index contributed by atoms with van der Waals surface area (Å²) in [6, 6.07) is 0.716. The summed E-state index contributed by atoms with van der Waals surface area (Å²) >= 11 is 0. The van der Waals surface area contributed by atoms with Crippen LogP contribution in [0.15, 0.2) is 0 Å². The van der Waals surface area contributed by atoms with Crippen molar-refractivity contribution in [3.05, 3.63) is 0 Å². The highest BCUT2D eigenvalue weighted by Crippen LogP contribution is 2.09. The lowest BCUT2D eigenvalue weighted by atomic mass is 10.1. The van der Waals surface area contributed by atoms with Gasteiger partial charge in [0, 0.05) is 19.1 Å². The van der Waals surface area contributed by atoms with E-state index >= 15 is 0 Å². The number of hydrazine groups is 1. The van der Waals surface area contributed by atoms with E-state index in [0.29, 0.717) is 6.04 Å². The zero-order chi connectivity index (χ0) is 10.2. The zero-order valence-corrected chi connectivity index (χ0v) is 9.89. The Hall–Kier alpha value is -0.0800. The lowest BCUT2D eigenvalue weighted by molar-refractivity contribution is 0.122. The van der Waals surface area contributed by atoms with E-state index in [0.717, 1.165) is 0 Å². The molecule has 0 aromatic heterocycles. The Labute approximate surface area is 89.0 Å². The van der Waals surface area contributed by atoms with Gasteiger partial charge >= 0.3 is 0 Å². The highest BCUT2D eigenvalue weighted by molar-refractivity contribution is 4.67. The third kappa shape index (κ3) is 4.43. The van der Waals surface area contributed by atoms with Gasteiger partial charge in [0.2, 0.25) is 0 Å². The van der Waals surface area contributed by atoms with Crippen LogP contribution in [-0.2, 0) is 0 Å². The van der Waals surface area contributed by atoms with Gasteiger partial charge in [-0.15, -0.1) is 0 Å². The Bertz CT molecular complexity index is 130. The quantitative estimate of drug-likeness (QED) is 0.706. The minimum Gasteiger partial charge on any atom is -0.252 e. The van der Waals surface area contributed by atoms with Gasteiger partial charge in [0.05, 0.1) is 0 Å². The minimum atomic E-state index is 0.716. The molecule has 0 spiro atoms. The molecule has 2 nitrogen and oxygen atoms in total. The maximum absolute atomic E-state index is 3.67. The van der Waals surface area contributed by atoms with Crippen LogP contribution in [0.25, 0.3) is 0 Å². The molecule has 14 heavy (non-hydrogen) atoms. The van der Waals surface area contributed by atoms with Crippen LogP contribution >= 0.6 is 0 Å². The second kappa shape index (κ2) is 7.24. The van der Waals surface area contributed by atoms with Crippen molar-refractivity contribution in [2.24, 2.45) is 0 Å². The van der Waals surface area contributed by atoms with Crippen molar-refractivity contribution in [3.8, 4) is 0 Å². The molecule has 1 rings (SSSR count). The molecule has 1 aliphatic rings. The van der Waals surface area contributed by atoms with Crippen LogP contribution in [0, 0.1) is 0 Å². The van der Waals surface area contributed by atoms with Crippen LogP contribution in [0.5, 0.6) is 0 Å². The summed E-state index contributed by atoms with van der Waals surface area (Å²) in [5, 5.41) is 2.44. The lowest BCUT2D eigenvalue weighted by Crippen LogP contribution is -2.47. The van der Waals surface area contributed by atoms with E-state index in [9.17, 15) is 0 Å². The molecule has 1 unspecified atom stereocenters. The fourth-order valence-corrected chi connectivity index (χ4v) is 2.09. The summed E-state index contributed by atoms with van der Waals surface area (Å²) in [4.78, 5) is 0. The van der Waals surface area contributed by atoms with Gasteiger partial charge in [0.1, 0.15) is 0 Å². The van der Waals surface area contributed by atoms with E-state index in [-0.39, 0.29) is 0 Å². The molecule has 2 heteroatoms. The summed E-state index contributed by atoms with van der Waals surface area (Å²) in [6.45, 7) is 7.07. The van der Waals surface area contributed by atoms with Crippen LogP contribution in [0.1, 0.15) is 58.8 Å². The van der Waals surface area contributed by atoms with Crippen LogP contribution in [0.4, 0.5) is 0 Å². The molecule has 1 heterocycles. The molecule has 1 saturated heterocycles. The number of rotatable bonds is 6.